The predicted molar refractivity (Wildman–Crippen MR) is 115 cm³/mol. The minimum atomic E-state index is -3.91. The van der Waals surface area contributed by atoms with Gasteiger partial charge in [-0.15, -0.1) is 0 Å². The maximum absolute atomic E-state index is 13.3. The van der Waals surface area contributed by atoms with Crippen molar-refractivity contribution >= 4 is 21.6 Å². The van der Waals surface area contributed by atoms with Crippen LogP contribution in [0.3, 0.4) is 0 Å². The van der Waals surface area contributed by atoms with Gasteiger partial charge in [-0.25, -0.2) is 12.8 Å². The molecule has 30 heavy (non-hydrogen) atoms. The molecule has 3 aromatic rings. The average molecular weight is 427 g/mol. The molecular formula is C23H23FN2O3S. The molecule has 0 saturated heterocycles. The highest BCUT2D eigenvalue weighted by atomic mass is 32.2. The van der Waals surface area contributed by atoms with Gasteiger partial charge in [-0.1, -0.05) is 48.0 Å². The van der Waals surface area contributed by atoms with Crippen LogP contribution in [0.2, 0.25) is 0 Å². The van der Waals surface area contributed by atoms with E-state index in [0.29, 0.717) is 5.69 Å². The second-order valence-electron chi connectivity index (χ2n) is 7.00. The molecule has 1 amide bonds. The zero-order valence-corrected chi connectivity index (χ0v) is 17.6. The van der Waals surface area contributed by atoms with Crippen LogP contribution in [0.25, 0.3) is 0 Å². The molecule has 0 bridgehead atoms. The maximum atomic E-state index is 13.3. The molecule has 0 saturated carbocycles. The number of halogens is 1. The normalized spacial score (nSPS) is 11.5. The number of nitrogens with zero attached hydrogens (tertiary/aromatic N) is 2. The van der Waals surface area contributed by atoms with Gasteiger partial charge in [0.2, 0.25) is 15.9 Å². The number of rotatable bonds is 7. The third-order valence-electron chi connectivity index (χ3n) is 4.76. The molecule has 0 aromatic heterocycles. The molecular weight excluding hydrogens is 403 g/mol. The van der Waals surface area contributed by atoms with E-state index in [2.05, 4.69) is 0 Å². The van der Waals surface area contributed by atoms with Crippen molar-refractivity contribution in [3.05, 3.63) is 95.8 Å². The Bertz CT molecular complexity index is 1100. The first kappa shape index (κ1) is 21.7. The minimum absolute atomic E-state index is 0.0556. The second-order valence-corrected chi connectivity index (χ2v) is 8.94. The Balaban J connectivity index is 1.89. The lowest BCUT2D eigenvalue weighted by molar-refractivity contribution is -0.118. The van der Waals surface area contributed by atoms with Crippen LogP contribution in [-0.2, 0) is 21.4 Å². The zero-order chi connectivity index (χ0) is 21.7. The van der Waals surface area contributed by atoms with Crippen LogP contribution in [0, 0.1) is 12.7 Å². The van der Waals surface area contributed by atoms with Crippen molar-refractivity contribution in [2.24, 2.45) is 0 Å². The van der Waals surface area contributed by atoms with Gasteiger partial charge in [0, 0.05) is 19.3 Å². The molecule has 5 nitrogen and oxygen atoms in total. The summed E-state index contributed by atoms with van der Waals surface area (Å²) >= 11 is 0. The highest BCUT2D eigenvalue weighted by Crippen LogP contribution is 2.20. The standard InChI is InChI=1S/C23H23FN2O3S/c1-18-8-14-22(15-9-18)30(28,29)26(16-19-6-4-3-5-7-19)17-23(27)25(2)21-12-10-20(24)11-13-21/h3-15H,16-17H2,1-2H3. The summed E-state index contributed by atoms with van der Waals surface area (Å²) in [6.45, 7) is 1.58. The molecule has 0 spiro atoms. The quantitative estimate of drug-likeness (QED) is 0.574. The summed E-state index contributed by atoms with van der Waals surface area (Å²) in [5.74, 6) is -0.833. The van der Waals surface area contributed by atoms with Crippen molar-refractivity contribution in [1.29, 1.82) is 0 Å². The zero-order valence-electron chi connectivity index (χ0n) is 16.8. The van der Waals surface area contributed by atoms with E-state index >= 15 is 0 Å². The van der Waals surface area contributed by atoms with Crippen LogP contribution in [0.1, 0.15) is 11.1 Å². The minimum Gasteiger partial charge on any atom is -0.314 e. The number of amides is 1. The van der Waals surface area contributed by atoms with Gasteiger partial charge in [0.05, 0.1) is 11.4 Å². The van der Waals surface area contributed by atoms with E-state index in [-0.39, 0.29) is 18.0 Å². The number of anilines is 1. The van der Waals surface area contributed by atoms with Crippen LogP contribution >= 0.6 is 0 Å². The van der Waals surface area contributed by atoms with Crippen LogP contribution in [-0.4, -0.2) is 32.2 Å². The fourth-order valence-corrected chi connectivity index (χ4v) is 4.32. The lowest BCUT2D eigenvalue weighted by Gasteiger charge is -2.25. The van der Waals surface area contributed by atoms with E-state index in [1.165, 1.54) is 48.3 Å². The van der Waals surface area contributed by atoms with E-state index in [9.17, 15) is 17.6 Å². The van der Waals surface area contributed by atoms with E-state index in [1.807, 2.05) is 37.3 Å². The Hall–Kier alpha value is -3.03. The van der Waals surface area contributed by atoms with E-state index in [1.54, 1.807) is 12.1 Å². The molecule has 0 unspecified atom stereocenters. The molecule has 3 aromatic carbocycles. The van der Waals surface area contributed by atoms with Gasteiger partial charge in [0.15, 0.2) is 0 Å². The van der Waals surface area contributed by atoms with Gasteiger partial charge in [-0.3, -0.25) is 4.79 Å². The van der Waals surface area contributed by atoms with Crippen molar-refractivity contribution in [3.63, 3.8) is 0 Å². The molecule has 0 atom stereocenters. The first-order valence-corrected chi connectivity index (χ1v) is 10.8. The largest absolute Gasteiger partial charge is 0.314 e. The molecule has 7 heteroatoms. The Labute approximate surface area is 176 Å². The molecule has 0 fully saturated rings. The van der Waals surface area contributed by atoms with Crippen molar-refractivity contribution in [3.8, 4) is 0 Å². The van der Waals surface area contributed by atoms with Gasteiger partial charge in [0.25, 0.3) is 0 Å². The summed E-state index contributed by atoms with van der Waals surface area (Å²) in [5.41, 5.74) is 2.19. The third kappa shape index (κ3) is 5.11. The molecule has 0 aliphatic heterocycles. The van der Waals surface area contributed by atoms with Crippen LogP contribution < -0.4 is 4.90 Å². The highest BCUT2D eigenvalue weighted by Gasteiger charge is 2.28. The van der Waals surface area contributed by atoms with Gasteiger partial charge >= 0.3 is 0 Å². The van der Waals surface area contributed by atoms with Crippen molar-refractivity contribution in [2.75, 3.05) is 18.5 Å². The second kappa shape index (κ2) is 9.19. The van der Waals surface area contributed by atoms with E-state index in [4.69, 9.17) is 0 Å². The first-order valence-electron chi connectivity index (χ1n) is 9.40. The lowest BCUT2D eigenvalue weighted by Crippen LogP contribution is -2.41. The van der Waals surface area contributed by atoms with Crippen LogP contribution in [0.5, 0.6) is 0 Å². The molecule has 0 N–H and O–H groups in total. The third-order valence-corrected chi connectivity index (χ3v) is 6.57. The smallest absolute Gasteiger partial charge is 0.243 e. The molecule has 0 aliphatic carbocycles. The fourth-order valence-electron chi connectivity index (χ4n) is 2.94. The number of carbonyl (C=O) groups excluding carboxylic acids is 1. The van der Waals surface area contributed by atoms with E-state index in [0.717, 1.165) is 15.4 Å². The topological polar surface area (TPSA) is 57.7 Å². The number of benzene rings is 3. The lowest BCUT2D eigenvalue weighted by atomic mass is 10.2. The number of hydrogen-bond donors (Lipinski definition) is 0. The molecule has 0 heterocycles. The number of carbonyl (C=O) groups is 1. The maximum Gasteiger partial charge on any atom is 0.243 e. The molecule has 3 rings (SSSR count). The summed E-state index contributed by atoms with van der Waals surface area (Å²) in [5, 5.41) is 0. The van der Waals surface area contributed by atoms with Gasteiger partial charge < -0.3 is 4.90 Å². The van der Waals surface area contributed by atoms with Gasteiger partial charge in [0.1, 0.15) is 5.82 Å². The summed E-state index contributed by atoms with van der Waals surface area (Å²) in [6, 6.07) is 21.1. The van der Waals surface area contributed by atoms with Crippen LogP contribution in [0.4, 0.5) is 10.1 Å². The molecule has 0 radical (unpaired) electrons. The van der Waals surface area contributed by atoms with Gasteiger partial charge in [-0.2, -0.15) is 4.31 Å². The SMILES string of the molecule is Cc1ccc(S(=O)(=O)N(CC(=O)N(C)c2ccc(F)cc2)Cc2ccccc2)cc1. The summed E-state index contributed by atoms with van der Waals surface area (Å²) < 4.78 is 40.9. The first-order chi connectivity index (χ1) is 14.3. The average Bonchev–Trinajstić information content (AvgIpc) is 2.74. The van der Waals surface area contributed by atoms with Crippen molar-refractivity contribution < 1.29 is 17.6 Å². The van der Waals surface area contributed by atoms with Crippen molar-refractivity contribution in [2.45, 2.75) is 18.4 Å². The molecule has 0 aliphatic rings. The fraction of sp³-hybridized carbons (Fsp3) is 0.174. The Morgan fingerprint density at radius 2 is 1.50 bits per heavy atom. The number of likely N-dealkylation sites (N-methyl/N-ethyl adjacent to an activating group) is 1. The Morgan fingerprint density at radius 3 is 2.10 bits per heavy atom. The van der Waals surface area contributed by atoms with E-state index < -0.39 is 21.7 Å². The molecule has 156 valence electrons. The predicted octanol–water partition coefficient (Wildman–Crippen LogP) is 3.99. The number of sulfonamides is 1. The number of hydrogen-bond acceptors (Lipinski definition) is 3. The summed E-state index contributed by atoms with van der Waals surface area (Å²) in [4.78, 5) is 14.3. The van der Waals surface area contributed by atoms with Crippen molar-refractivity contribution in [1.82, 2.24) is 4.31 Å². The van der Waals surface area contributed by atoms with Crippen LogP contribution in [0.15, 0.2) is 83.8 Å². The number of aryl methyl sites for hydroxylation is 1. The Morgan fingerprint density at radius 1 is 0.900 bits per heavy atom. The summed E-state index contributed by atoms with van der Waals surface area (Å²) in [6.07, 6.45) is 0. The van der Waals surface area contributed by atoms with Gasteiger partial charge in [-0.05, 0) is 48.9 Å². The Kier molecular flexibility index (Phi) is 6.64. The monoisotopic (exact) mass is 426 g/mol. The highest BCUT2D eigenvalue weighted by molar-refractivity contribution is 7.89. The summed E-state index contributed by atoms with van der Waals surface area (Å²) in [7, 11) is -2.37.